The van der Waals surface area contributed by atoms with Crippen LogP contribution in [0, 0.1) is 29.0 Å². The molecule has 0 saturated heterocycles. The molecule has 1 aliphatic rings. The molecule has 0 aromatic heterocycles. The third kappa shape index (κ3) is 4.04. The number of halogens is 1. The summed E-state index contributed by atoms with van der Waals surface area (Å²) >= 11 is 0. The van der Waals surface area contributed by atoms with Crippen molar-refractivity contribution in [1.29, 1.82) is 5.26 Å². The highest BCUT2D eigenvalue weighted by Gasteiger charge is 2.23. The Hall–Kier alpha value is -1.40. The second-order valence-electron chi connectivity index (χ2n) is 5.96. The van der Waals surface area contributed by atoms with E-state index in [-0.39, 0.29) is 5.82 Å². The Morgan fingerprint density at radius 1 is 1.21 bits per heavy atom. The van der Waals surface area contributed by atoms with E-state index in [0.717, 1.165) is 17.4 Å². The Morgan fingerprint density at radius 3 is 2.53 bits per heavy atom. The first-order chi connectivity index (χ1) is 9.06. The van der Waals surface area contributed by atoms with E-state index < -0.39 is 0 Å². The number of rotatable bonds is 3. The van der Waals surface area contributed by atoms with Gasteiger partial charge in [0.15, 0.2) is 0 Å². The van der Waals surface area contributed by atoms with Gasteiger partial charge in [0.2, 0.25) is 0 Å². The van der Waals surface area contributed by atoms with E-state index in [0.29, 0.717) is 18.2 Å². The molecule has 1 fully saturated rings. The van der Waals surface area contributed by atoms with E-state index in [1.54, 1.807) is 6.07 Å². The summed E-state index contributed by atoms with van der Waals surface area (Å²) in [5.41, 5.74) is 1.24. The molecule has 3 heteroatoms. The minimum Gasteiger partial charge on any atom is -0.310 e. The first kappa shape index (κ1) is 14.0. The molecular weight excluding hydrogens is 239 g/mol. The van der Waals surface area contributed by atoms with Crippen LogP contribution in [0.25, 0.3) is 0 Å². The molecule has 0 bridgehead atoms. The van der Waals surface area contributed by atoms with Crippen LogP contribution in [0.5, 0.6) is 0 Å². The van der Waals surface area contributed by atoms with Crippen LogP contribution in [0.2, 0.25) is 0 Å². The Labute approximate surface area is 114 Å². The molecule has 0 heterocycles. The maximum Gasteiger partial charge on any atom is 0.124 e. The smallest absolute Gasteiger partial charge is 0.124 e. The van der Waals surface area contributed by atoms with Crippen molar-refractivity contribution in [2.24, 2.45) is 11.8 Å². The van der Waals surface area contributed by atoms with Gasteiger partial charge in [-0.15, -0.1) is 0 Å². The van der Waals surface area contributed by atoms with Crippen LogP contribution in [0.3, 0.4) is 0 Å². The third-order valence-corrected chi connectivity index (χ3v) is 3.86. The summed E-state index contributed by atoms with van der Waals surface area (Å²) in [6.07, 6.45) is 3.67. The van der Waals surface area contributed by atoms with Gasteiger partial charge in [-0.3, -0.25) is 0 Å². The van der Waals surface area contributed by atoms with E-state index in [2.05, 4.69) is 19.2 Å². The lowest BCUT2D eigenvalue weighted by atomic mass is 9.80. The minimum atomic E-state index is -0.332. The summed E-state index contributed by atoms with van der Waals surface area (Å²) in [5.74, 6) is 1.17. The third-order valence-electron chi connectivity index (χ3n) is 3.86. The van der Waals surface area contributed by atoms with Crippen molar-refractivity contribution in [1.82, 2.24) is 5.32 Å². The van der Waals surface area contributed by atoms with Crippen molar-refractivity contribution in [2.45, 2.75) is 45.7 Å². The second kappa shape index (κ2) is 6.16. The molecule has 19 heavy (non-hydrogen) atoms. The molecule has 0 spiro atoms. The van der Waals surface area contributed by atoms with Crippen LogP contribution >= 0.6 is 0 Å². The molecule has 1 N–H and O–H groups in total. The Kier molecular flexibility index (Phi) is 4.55. The molecule has 0 amide bonds. The summed E-state index contributed by atoms with van der Waals surface area (Å²) in [4.78, 5) is 0. The number of hydrogen-bond donors (Lipinski definition) is 1. The summed E-state index contributed by atoms with van der Waals surface area (Å²) in [5, 5.41) is 12.3. The lowest BCUT2D eigenvalue weighted by Gasteiger charge is -2.32. The first-order valence-electron chi connectivity index (χ1n) is 6.99. The highest BCUT2D eigenvalue weighted by molar-refractivity contribution is 5.33. The zero-order valence-corrected chi connectivity index (χ0v) is 11.6. The van der Waals surface area contributed by atoms with Gasteiger partial charge >= 0.3 is 0 Å². The fourth-order valence-corrected chi connectivity index (χ4v) is 3.19. The van der Waals surface area contributed by atoms with E-state index >= 15 is 0 Å². The normalized spacial score (nSPS) is 26.9. The summed E-state index contributed by atoms with van der Waals surface area (Å²) in [6, 6.07) is 7.03. The fraction of sp³-hybridized carbons (Fsp3) is 0.562. The monoisotopic (exact) mass is 260 g/mol. The molecule has 1 aromatic carbocycles. The van der Waals surface area contributed by atoms with Crippen molar-refractivity contribution < 1.29 is 4.39 Å². The summed E-state index contributed by atoms with van der Waals surface area (Å²) < 4.78 is 13.3. The maximum absolute atomic E-state index is 13.3. The summed E-state index contributed by atoms with van der Waals surface area (Å²) in [7, 11) is 0. The molecule has 2 unspecified atom stereocenters. The SMILES string of the molecule is CC1CC(C)CC(NCc2cc(F)cc(C#N)c2)C1. The van der Waals surface area contributed by atoms with E-state index in [1.165, 1.54) is 31.4 Å². The average molecular weight is 260 g/mol. The molecule has 2 atom stereocenters. The lowest BCUT2D eigenvalue weighted by Crippen LogP contribution is -2.35. The van der Waals surface area contributed by atoms with Crippen LogP contribution in [0.1, 0.15) is 44.2 Å². The minimum absolute atomic E-state index is 0.332. The standard InChI is InChI=1S/C16H21FN2/c1-11-3-12(2)5-16(4-11)19-10-14-6-13(9-18)7-15(17)8-14/h6-8,11-12,16,19H,3-5,10H2,1-2H3. The summed E-state index contributed by atoms with van der Waals surface area (Å²) in [6.45, 7) is 5.22. The molecule has 0 aliphatic heterocycles. The van der Waals surface area contributed by atoms with Crippen molar-refractivity contribution in [3.05, 3.63) is 35.1 Å². The van der Waals surface area contributed by atoms with Gasteiger partial charge in [0.25, 0.3) is 0 Å². The van der Waals surface area contributed by atoms with Crippen molar-refractivity contribution >= 4 is 0 Å². The number of nitrogens with zero attached hydrogens (tertiary/aromatic N) is 1. The van der Waals surface area contributed by atoms with Gasteiger partial charge in [0, 0.05) is 12.6 Å². The largest absolute Gasteiger partial charge is 0.310 e. The Bertz CT molecular complexity index is 468. The lowest BCUT2D eigenvalue weighted by molar-refractivity contribution is 0.238. The highest BCUT2D eigenvalue weighted by Crippen LogP contribution is 2.28. The van der Waals surface area contributed by atoms with Gasteiger partial charge in [0.05, 0.1) is 11.6 Å². The molecule has 102 valence electrons. The zero-order valence-electron chi connectivity index (χ0n) is 11.6. The molecule has 0 radical (unpaired) electrons. The number of benzene rings is 1. The molecule has 1 aromatic rings. The average Bonchev–Trinajstić information content (AvgIpc) is 2.34. The van der Waals surface area contributed by atoms with Gasteiger partial charge in [-0.1, -0.05) is 13.8 Å². The van der Waals surface area contributed by atoms with Crippen LogP contribution < -0.4 is 5.32 Å². The van der Waals surface area contributed by atoms with Gasteiger partial charge in [-0.25, -0.2) is 4.39 Å². The van der Waals surface area contributed by atoms with Crippen molar-refractivity contribution in [3.8, 4) is 6.07 Å². The first-order valence-corrected chi connectivity index (χ1v) is 6.99. The zero-order chi connectivity index (χ0) is 13.8. The topological polar surface area (TPSA) is 35.8 Å². The molecular formula is C16H21FN2. The van der Waals surface area contributed by atoms with Crippen molar-refractivity contribution in [3.63, 3.8) is 0 Å². The predicted octanol–water partition coefficient (Wildman–Crippen LogP) is 3.61. The van der Waals surface area contributed by atoms with Gasteiger partial charge in [-0.2, -0.15) is 5.26 Å². The predicted molar refractivity (Wildman–Crippen MR) is 73.9 cm³/mol. The molecule has 2 rings (SSSR count). The van der Waals surface area contributed by atoms with E-state index in [9.17, 15) is 4.39 Å². The van der Waals surface area contributed by atoms with Gasteiger partial charge in [0.1, 0.15) is 5.82 Å². The number of nitrogens with one attached hydrogen (secondary N) is 1. The molecule has 1 aliphatic carbocycles. The van der Waals surface area contributed by atoms with Crippen LogP contribution in [-0.4, -0.2) is 6.04 Å². The van der Waals surface area contributed by atoms with Crippen LogP contribution in [-0.2, 0) is 6.54 Å². The fourth-order valence-electron chi connectivity index (χ4n) is 3.19. The Balaban J connectivity index is 1.95. The maximum atomic E-state index is 13.3. The Morgan fingerprint density at radius 2 is 1.89 bits per heavy atom. The highest BCUT2D eigenvalue weighted by atomic mass is 19.1. The van der Waals surface area contributed by atoms with E-state index in [4.69, 9.17) is 5.26 Å². The second-order valence-corrected chi connectivity index (χ2v) is 5.96. The molecule has 1 saturated carbocycles. The number of hydrogen-bond acceptors (Lipinski definition) is 2. The number of nitriles is 1. The van der Waals surface area contributed by atoms with E-state index in [1.807, 2.05) is 6.07 Å². The quantitative estimate of drug-likeness (QED) is 0.901. The van der Waals surface area contributed by atoms with Crippen molar-refractivity contribution in [2.75, 3.05) is 0 Å². The van der Waals surface area contributed by atoms with Gasteiger partial charge < -0.3 is 5.32 Å². The van der Waals surface area contributed by atoms with Gasteiger partial charge in [-0.05, 0) is 54.9 Å². The van der Waals surface area contributed by atoms with Crippen LogP contribution in [0.4, 0.5) is 4.39 Å². The van der Waals surface area contributed by atoms with Crippen LogP contribution in [0.15, 0.2) is 18.2 Å². The molecule has 2 nitrogen and oxygen atoms in total.